The molecule has 0 radical (unpaired) electrons. The fraction of sp³-hybridized carbons (Fsp3) is 0.629. The third-order valence-corrected chi connectivity index (χ3v) is 11.1. The van der Waals surface area contributed by atoms with Crippen LogP contribution in [0.2, 0.25) is 0 Å². The number of hydrogen-bond acceptors (Lipinski definition) is 10. The van der Waals surface area contributed by atoms with Gasteiger partial charge in [0.2, 0.25) is 5.91 Å². The van der Waals surface area contributed by atoms with E-state index in [0.717, 1.165) is 30.6 Å². The lowest BCUT2D eigenvalue weighted by Gasteiger charge is -2.40. The van der Waals surface area contributed by atoms with Crippen LogP contribution in [0.3, 0.4) is 0 Å². The number of benzene rings is 1. The molecular formula is C35H46N2O9S. The number of rotatable bonds is 9. The van der Waals surface area contributed by atoms with Gasteiger partial charge in [-0.2, -0.15) is 0 Å². The molecular weight excluding hydrogens is 624 g/mol. The first-order chi connectivity index (χ1) is 22.3. The molecule has 47 heavy (non-hydrogen) atoms. The van der Waals surface area contributed by atoms with Crippen molar-refractivity contribution in [2.75, 3.05) is 25.2 Å². The molecule has 1 amide bonds. The van der Waals surface area contributed by atoms with Gasteiger partial charge in [-0.3, -0.25) is 14.9 Å². The minimum atomic E-state index is -0.605. The SMILES string of the molecule is COC(=O)c1sc(C(C)(C)C)cc1N(C(=O)[C@H]1CC[C@H](C)CC1)[C@H]1CC[C@H](O[C@H]2COC[C@@H]2OC(=O)c2ccc([N+](=O)[O-])cc2)CC1. The summed E-state index contributed by atoms with van der Waals surface area (Å²) in [7, 11) is 1.38. The van der Waals surface area contributed by atoms with E-state index in [2.05, 4.69) is 27.7 Å². The molecule has 2 heterocycles. The van der Waals surface area contributed by atoms with Gasteiger partial charge in [-0.15, -0.1) is 11.3 Å². The molecule has 256 valence electrons. The maximum absolute atomic E-state index is 14.4. The van der Waals surface area contributed by atoms with Gasteiger partial charge >= 0.3 is 11.9 Å². The average Bonchev–Trinajstić information content (AvgIpc) is 3.69. The molecule has 0 spiro atoms. The van der Waals surface area contributed by atoms with Crippen LogP contribution in [0.15, 0.2) is 30.3 Å². The highest BCUT2D eigenvalue weighted by Crippen LogP contribution is 2.42. The Morgan fingerprint density at radius 3 is 2.17 bits per heavy atom. The molecule has 1 aliphatic heterocycles. The first-order valence-corrected chi connectivity index (χ1v) is 17.4. The van der Waals surface area contributed by atoms with Gasteiger partial charge in [0.1, 0.15) is 11.0 Å². The fourth-order valence-corrected chi connectivity index (χ4v) is 7.86. The molecule has 2 aromatic rings. The summed E-state index contributed by atoms with van der Waals surface area (Å²) >= 11 is 1.40. The second-order valence-electron chi connectivity index (χ2n) is 14.1. The Kier molecular flexibility index (Phi) is 11.0. The number of non-ortho nitro benzene ring substituents is 1. The molecule has 1 aromatic heterocycles. The molecule has 12 heteroatoms. The summed E-state index contributed by atoms with van der Waals surface area (Å²) in [5.74, 6) is -0.400. The molecule has 2 atom stereocenters. The van der Waals surface area contributed by atoms with E-state index in [1.807, 2.05) is 11.0 Å². The molecule has 1 aromatic carbocycles. The molecule has 0 N–H and O–H groups in total. The van der Waals surface area contributed by atoms with Gasteiger partial charge in [0.15, 0.2) is 6.10 Å². The molecule has 1 saturated heterocycles. The zero-order valence-electron chi connectivity index (χ0n) is 27.9. The normalized spacial score (nSPS) is 26.4. The van der Waals surface area contributed by atoms with E-state index in [0.29, 0.717) is 42.2 Å². The van der Waals surface area contributed by atoms with Crippen molar-refractivity contribution in [1.29, 1.82) is 0 Å². The minimum Gasteiger partial charge on any atom is -0.465 e. The van der Waals surface area contributed by atoms with Crippen LogP contribution in [0.1, 0.15) is 104 Å². The van der Waals surface area contributed by atoms with Crippen LogP contribution in [0.4, 0.5) is 11.4 Å². The molecule has 3 fully saturated rings. The summed E-state index contributed by atoms with van der Waals surface area (Å²) in [5.41, 5.74) is 0.565. The lowest BCUT2D eigenvalue weighted by atomic mass is 9.81. The number of carbonyl (C=O) groups excluding carboxylic acids is 3. The summed E-state index contributed by atoms with van der Waals surface area (Å²) in [4.78, 5) is 54.0. The summed E-state index contributed by atoms with van der Waals surface area (Å²) in [5, 5.41) is 10.9. The zero-order valence-corrected chi connectivity index (χ0v) is 28.7. The van der Waals surface area contributed by atoms with Gasteiger partial charge in [-0.1, -0.05) is 27.7 Å². The molecule has 5 rings (SSSR count). The number of nitro groups is 1. The number of esters is 2. The highest BCUT2D eigenvalue weighted by atomic mass is 32.1. The van der Waals surface area contributed by atoms with Crippen molar-refractivity contribution in [3.05, 3.63) is 55.8 Å². The van der Waals surface area contributed by atoms with E-state index in [-0.39, 0.29) is 53.9 Å². The number of nitro benzene ring substituents is 1. The van der Waals surface area contributed by atoms with E-state index >= 15 is 0 Å². The fourth-order valence-electron chi connectivity index (χ4n) is 6.73. The van der Waals surface area contributed by atoms with Gasteiger partial charge in [-0.25, -0.2) is 9.59 Å². The average molecular weight is 671 g/mol. The Hall–Kier alpha value is -3.35. The van der Waals surface area contributed by atoms with Gasteiger partial charge in [-0.05, 0) is 80.9 Å². The predicted octanol–water partition coefficient (Wildman–Crippen LogP) is 6.85. The third-order valence-electron chi connectivity index (χ3n) is 9.61. The Morgan fingerprint density at radius 1 is 0.936 bits per heavy atom. The Morgan fingerprint density at radius 2 is 1.57 bits per heavy atom. The largest absolute Gasteiger partial charge is 0.465 e. The first-order valence-electron chi connectivity index (χ1n) is 16.6. The summed E-state index contributed by atoms with van der Waals surface area (Å²) in [6, 6.07) is 7.21. The topological polar surface area (TPSA) is 135 Å². The maximum atomic E-state index is 14.4. The van der Waals surface area contributed by atoms with Crippen molar-refractivity contribution in [3.63, 3.8) is 0 Å². The minimum absolute atomic E-state index is 0.0782. The number of methoxy groups -OCH3 is 1. The van der Waals surface area contributed by atoms with E-state index in [9.17, 15) is 24.5 Å². The molecule has 0 bridgehead atoms. The highest BCUT2D eigenvalue weighted by molar-refractivity contribution is 7.14. The van der Waals surface area contributed by atoms with Crippen LogP contribution in [0.25, 0.3) is 0 Å². The van der Waals surface area contributed by atoms with Crippen LogP contribution >= 0.6 is 11.3 Å². The van der Waals surface area contributed by atoms with E-state index in [1.165, 1.54) is 42.7 Å². The Bertz CT molecular complexity index is 1430. The number of nitrogens with zero attached hydrogens (tertiary/aromatic N) is 2. The summed E-state index contributed by atoms with van der Waals surface area (Å²) in [6.07, 6.45) is 5.35. The zero-order chi connectivity index (χ0) is 33.9. The second-order valence-corrected chi connectivity index (χ2v) is 15.2. The lowest BCUT2D eigenvalue weighted by Crippen LogP contribution is -2.47. The quantitative estimate of drug-likeness (QED) is 0.159. The molecule has 3 aliphatic rings. The number of thiophene rings is 1. The van der Waals surface area contributed by atoms with Crippen LogP contribution in [0, 0.1) is 22.0 Å². The van der Waals surface area contributed by atoms with Gasteiger partial charge in [0.25, 0.3) is 5.69 Å². The van der Waals surface area contributed by atoms with Crippen LogP contribution in [-0.4, -0.2) is 67.4 Å². The number of anilines is 1. The standard InChI is InChI=1S/C35H46N2O9S/c1-21-6-8-22(9-7-21)32(38)36(27-18-30(35(2,3)4)47-31(27)34(40)43-5)24-14-16-26(17-15-24)45-28-19-44-20-29(28)46-33(39)23-10-12-25(13-11-23)37(41)42/h10-13,18,21-22,24,26,28-29H,6-9,14-17,19-20H2,1-5H3/t21-,22-,24-,26-,28-,29-/m0/s1. The first kappa shape index (κ1) is 35.0. The number of ether oxygens (including phenoxy) is 4. The monoisotopic (exact) mass is 670 g/mol. The van der Waals surface area contributed by atoms with Crippen molar-refractivity contribution < 1.29 is 38.3 Å². The lowest BCUT2D eigenvalue weighted by molar-refractivity contribution is -0.384. The maximum Gasteiger partial charge on any atom is 0.350 e. The number of carbonyl (C=O) groups is 3. The van der Waals surface area contributed by atoms with Crippen molar-refractivity contribution in [1.82, 2.24) is 0 Å². The molecule has 11 nitrogen and oxygen atoms in total. The van der Waals surface area contributed by atoms with Crippen molar-refractivity contribution in [2.45, 2.75) is 109 Å². The van der Waals surface area contributed by atoms with Crippen molar-refractivity contribution >= 4 is 40.6 Å². The summed E-state index contributed by atoms with van der Waals surface area (Å²) < 4.78 is 22.9. The molecule has 2 aliphatic carbocycles. The van der Waals surface area contributed by atoms with Crippen LogP contribution in [-0.2, 0) is 29.2 Å². The predicted molar refractivity (Wildman–Crippen MR) is 177 cm³/mol. The van der Waals surface area contributed by atoms with Crippen molar-refractivity contribution in [3.8, 4) is 0 Å². The van der Waals surface area contributed by atoms with E-state index < -0.39 is 29.1 Å². The van der Waals surface area contributed by atoms with Gasteiger partial charge in [0, 0.05) is 29.0 Å². The third kappa shape index (κ3) is 8.21. The van der Waals surface area contributed by atoms with Gasteiger partial charge < -0.3 is 23.8 Å². The molecule has 0 unspecified atom stereocenters. The Labute approximate surface area is 280 Å². The number of hydrogen-bond donors (Lipinski definition) is 0. The van der Waals surface area contributed by atoms with Crippen LogP contribution in [0.5, 0.6) is 0 Å². The molecule has 2 saturated carbocycles. The Balaban J connectivity index is 1.28. The second kappa shape index (κ2) is 14.8. The smallest absolute Gasteiger partial charge is 0.350 e. The van der Waals surface area contributed by atoms with E-state index in [4.69, 9.17) is 18.9 Å². The number of amides is 1. The van der Waals surface area contributed by atoms with Crippen molar-refractivity contribution in [2.24, 2.45) is 11.8 Å². The van der Waals surface area contributed by atoms with E-state index in [1.54, 1.807) is 0 Å². The summed E-state index contributed by atoms with van der Waals surface area (Å²) in [6.45, 7) is 9.03. The van der Waals surface area contributed by atoms with Gasteiger partial charge in [0.05, 0.1) is 42.6 Å². The highest BCUT2D eigenvalue weighted by Gasteiger charge is 2.40. The van der Waals surface area contributed by atoms with Crippen LogP contribution < -0.4 is 4.90 Å².